The Morgan fingerprint density at radius 3 is 1.61 bits per heavy atom. The third-order valence-electron chi connectivity index (χ3n) is 12.1. The monoisotopic (exact) mass is 729 g/mol. The van der Waals surface area contributed by atoms with Crippen LogP contribution in [0, 0.1) is 0 Å². The van der Waals surface area contributed by atoms with E-state index < -0.39 is 0 Å². The molecule has 0 atom stereocenters. The Hall–Kier alpha value is -7.16. The molecule has 0 radical (unpaired) electrons. The molecule has 1 aromatic heterocycles. The Balaban J connectivity index is 1.07. The van der Waals surface area contributed by atoms with Gasteiger partial charge in [-0.3, -0.25) is 0 Å². The molecule has 1 aliphatic rings. The molecule has 0 N–H and O–H groups in total. The summed E-state index contributed by atoms with van der Waals surface area (Å²) >= 11 is 0. The van der Waals surface area contributed by atoms with Gasteiger partial charge in [-0.25, -0.2) is 0 Å². The van der Waals surface area contributed by atoms with E-state index in [0.717, 1.165) is 44.6 Å². The first kappa shape index (κ1) is 33.2. The van der Waals surface area contributed by atoms with Crippen molar-refractivity contribution in [3.05, 3.63) is 211 Å². The van der Waals surface area contributed by atoms with E-state index in [1.54, 1.807) is 0 Å². The number of hydrogen-bond donors (Lipinski definition) is 0. The maximum absolute atomic E-state index is 7.07. The summed E-state index contributed by atoms with van der Waals surface area (Å²) in [5, 5.41) is 4.62. The number of rotatable bonds is 6. The number of anilines is 3. The maximum atomic E-state index is 7.07. The molecule has 270 valence electrons. The van der Waals surface area contributed by atoms with Crippen LogP contribution in [0.5, 0.6) is 0 Å². The molecule has 2 heteroatoms. The van der Waals surface area contributed by atoms with Crippen LogP contribution in [0.2, 0.25) is 0 Å². The minimum absolute atomic E-state index is 0.101. The van der Waals surface area contributed by atoms with Crippen LogP contribution in [0.15, 0.2) is 205 Å². The van der Waals surface area contributed by atoms with Crippen LogP contribution >= 0.6 is 0 Å². The standard InChI is InChI=1S/C55H39NO/c1-55(2)50-20-12-11-19-46(50)47-31-25-41(34-51(47)55)53-45-18-10-9-17-40(45)33-49-48-32-30-44(35-52(48)57-54(49)53)56(42-26-21-38(22-27-42)36-13-5-3-6-14-36)43-28-23-39(24-29-43)37-15-7-4-8-16-37/h3-35H,1-2H3. The first-order chi connectivity index (χ1) is 28.0. The number of hydrogen-bond acceptors (Lipinski definition) is 2. The van der Waals surface area contributed by atoms with Crippen LogP contribution in [-0.2, 0) is 5.41 Å². The van der Waals surface area contributed by atoms with Gasteiger partial charge in [-0.2, -0.15) is 0 Å². The largest absolute Gasteiger partial charge is 0.455 e. The second-order valence-corrected chi connectivity index (χ2v) is 15.7. The third kappa shape index (κ3) is 5.40. The van der Waals surface area contributed by atoms with Crippen LogP contribution < -0.4 is 4.90 Å². The maximum Gasteiger partial charge on any atom is 0.143 e. The van der Waals surface area contributed by atoms with E-state index in [0.29, 0.717) is 0 Å². The van der Waals surface area contributed by atoms with Crippen LogP contribution in [0.1, 0.15) is 25.0 Å². The van der Waals surface area contributed by atoms with E-state index in [9.17, 15) is 0 Å². The van der Waals surface area contributed by atoms with Crippen molar-refractivity contribution in [3.63, 3.8) is 0 Å². The lowest BCUT2D eigenvalue weighted by molar-refractivity contribution is 0.660. The summed E-state index contributed by atoms with van der Waals surface area (Å²) in [5.74, 6) is 0. The molecule has 0 fully saturated rings. The Morgan fingerprint density at radius 1 is 0.386 bits per heavy atom. The molecule has 0 spiro atoms. The minimum Gasteiger partial charge on any atom is -0.455 e. The molecule has 0 aliphatic heterocycles. The minimum atomic E-state index is -0.101. The van der Waals surface area contributed by atoms with E-state index in [2.05, 4.69) is 219 Å². The number of furan rings is 1. The van der Waals surface area contributed by atoms with Crippen molar-refractivity contribution in [2.75, 3.05) is 4.90 Å². The number of fused-ring (bicyclic) bond motifs is 7. The van der Waals surface area contributed by atoms with Gasteiger partial charge in [0.1, 0.15) is 11.2 Å². The van der Waals surface area contributed by atoms with E-state index >= 15 is 0 Å². The molecular formula is C55H39NO. The number of benzene rings is 9. The molecule has 10 aromatic rings. The van der Waals surface area contributed by atoms with Gasteiger partial charge in [0.15, 0.2) is 0 Å². The zero-order valence-electron chi connectivity index (χ0n) is 31.9. The molecule has 0 bridgehead atoms. The molecule has 0 saturated carbocycles. The fourth-order valence-electron chi connectivity index (χ4n) is 9.16. The van der Waals surface area contributed by atoms with Crippen LogP contribution in [0.3, 0.4) is 0 Å². The molecule has 0 unspecified atom stereocenters. The zero-order valence-corrected chi connectivity index (χ0v) is 31.9. The van der Waals surface area contributed by atoms with E-state index in [4.69, 9.17) is 4.42 Å². The zero-order chi connectivity index (χ0) is 38.1. The van der Waals surface area contributed by atoms with Crippen molar-refractivity contribution in [2.45, 2.75) is 19.3 Å². The van der Waals surface area contributed by atoms with Crippen LogP contribution in [0.4, 0.5) is 17.1 Å². The Kier molecular flexibility index (Phi) is 7.55. The predicted octanol–water partition coefficient (Wildman–Crippen LogP) is 15.5. The summed E-state index contributed by atoms with van der Waals surface area (Å²) in [6, 6.07) is 72.4. The number of nitrogens with zero attached hydrogens (tertiary/aromatic N) is 1. The summed E-state index contributed by atoms with van der Waals surface area (Å²) in [4.78, 5) is 2.33. The molecule has 57 heavy (non-hydrogen) atoms. The highest BCUT2D eigenvalue weighted by Gasteiger charge is 2.35. The topological polar surface area (TPSA) is 16.4 Å². The lowest BCUT2D eigenvalue weighted by atomic mass is 9.81. The predicted molar refractivity (Wildman–Crippen MR) is 240 cm³/mol. The van der Waals surface area contributed by atoms with E-state index in [1.165, 1.54) is 60.8 Å². The molecule has 0 saturated heterocycles. The van der Waals surface area contributed by atoms with Gasteiger partial charge in [0.05, 0.1) is 0 Å². The lowest BCUT2D eigenvalue weighted by Gasteiger charge is -2.26. The average molecular weight is 730 g/mol. The highest BCUT2D eigenvalue weighted by Crippen LogP contribution is 2.51. The van der Waals surface area contributed by atoms with Crippen molar-refractivity contribution in [2.24, 2.45) is 0 Å². The van der Waals surface area contributed by atoms with Gasteiger partial charge in [0, 0.05) is 44.9 Å². The van der Waals surface area contributed by atoms with Gasteiger partial charge in [-0.15, -0.1) is 0 Å². The van der Waals surface area contributed by atoms with Crippen molar-refractivity contribution in [1.82, 2.24) is 0 Å². The molecular weight excluding hydrogens is 691 g/mol. The quantitative estimate of drug-likeness (QED) is 0.169. The van der Waals surface area contributed by atoms with Gasteiger partial charge >= 0.3 is 0 Å². The highest BCUT2D eigenvalue weighted by atomic mass is 16.3. The Labute approximate surface area is 332 Å². The summed E-state index contributed by atoms with van der Waals surface area (Å²) < 4.78 is 7.07. The first-order valence-electron chi connectivity index (χ1n) is 19.8. The van der Waals surface area contributed by atoms with Crippen molar-refractivity contribution in [3.8, 4) is 44.5 Å². The fourth-order valence-corrected chi connectivity index (χ4v) is 9.16. The summed E-state index contributed by atoms with van der Waals surface area (Å²) in [7, 11) is 0. The smallest absolute Gasteiger partial charge is 0.143 e. The fraction of sp³-hybridized carbons (Fsp3) is 0.0545. The second kappa shape index (κ2) is 13.0. The molecule has 1 heterocycles. The summed E-state index contributed by atoms with van der Waals surface area (Å²) in [6.45, 7) is 4.69. The van der Waals surface area contributed by atoms with Crippen LogP contribution in [-0.4, -0.2) is 0 Å². The van der Waals surface area contributed by atoms with Crippen LogP contribution in [0.25, 0.3) is 77.2 Å². The highest BCUT2D eigenvalue weighted by molar-refractivity contribution is 6.18. The normalized spacial score (nSPS) is 12.9. The summed E-state index contributed by atoms with van der Waals surface area (Å²) in [5.41, 5.74) is 17.3. The second-order valence-electron chi connectivity index (χ2n) is 15.7. The molecule has 11 rings (SSSR count). The van der Waals surface area contributed by atoms with Crippen molar-refractivity contribution < 1.29 is 4.42 Å². The first-order valence-corrected chi connectivity index (χ1v) is 19.8. The van der Waals surface area contributed by atoms with E-state index in [-0.39, 0.29) is 5.41 Å². The van der Waals surface area contributed by atoms with Gasteiger partial charge in [0.2, 0.25) is 0 Å². The van der Waals surface area contributed by atoms with Crippen molar-refractivity contribution in [1.29, 1.82) is 0 Å². The van der Waals surface area contributed by atoms with Gasteiger partial charge in [-0.1, -0.05) is 159 Å². The Bertz CT molecular complexity index is 3040. The average Bonchev–Trinajstić information content (AvgIpc) is 3.74. The van der Waals surface area contributed by atoms with Crippen molar-refractivity contribution >= 4 is 49.8 Å². The molecule has 9 aromatic carbocycles. The molecule has 1 aliphatic carbocycles. The van der Waals surface area contributed by atoms with Gasteiger partial charge in [-0.05, 0) is 109 Å². The molecule has 2 nitrogen and oxygen atoms in total. The summed E-state index contributed by atoms with van der Waals surface area (Å²) in [6.07, 6.45) is 0. The Morgan fingerprint density at radius 2 is 0.930 bits per heavy atom. The van der Waals surface area contributed by atoms with E-state index in [1.807, 2.05) is 0 Å². The third-order valence-corrected chi connectivity index (χ3v) is 12.1. The molecule has 0 amide bonds. The van der Waals surface area contributed by atoms with Gasteiger partial charge < -0.3 is 9.32 Å². The lowest BCUT2D eigenvalue weighted by Crippen LogP contribution is -2.14. The SMILES string of the molecule is CC1(C)c2ccccc2-c2ccc(-c3c4ccccc4cc4c3oc3cc(N(c5ccc(-c6ccccc6)cc5)c5ccc(-c6ccccc6)cc5)ccc34)cc21. The van der Waals surface area contributed by atoms with Gasteiger partial charge in [0.25, 0.3) is 0 Å².